The zero-order valence-electron chi connectivity index (χ0n) is 17.4. The number of esters is 1. The van der Waals surface area contributed by atoms with E-state index in [1.165, 1.54) is 11.3 Å². The third-order valence-electron chi connectivity index (χ3n) is 4.72. The molecular weight excluding hydrogens is 414 g/mol. The number of thiazole rings is 1. The first-order valence-corrected chi connectivity index (χ1v) is 10.5. The Morgan fingerprint density at radius 2 is 1.71 bits per heavy atom. The normalized spacial score (nSPS) is 10.8. The van der Waals surface area contributed by atoms with Crippen molar-refractivity contribution in [2.24, 2.45) is 0 Å². The average molecular weight is 436 g/mol. The molecule has 0 spiro atoms. The number of ether oxygens (including phenoxy) is 3. The fourth-order valence-corrected chi connectivity index (χ4v) is 3.92. The number of rotatable bonds is 7. The SMILES string of the molecule is COc1ccc(-c2nc(CC(=O)OCc3nc4ccccc4nc3C)cs2)cc1OC. The van der Waals surface area contributed by atoms with E-state index in [9.17, 15) is 4.79 Å². The molecule has 0 aliphatic rings. The van der Waals surface area contributed by atoms with Gasteiger partial charge in [-0.2, -0.15) is 0 Å². The number of fused-ring (bicyclic) bond motifs is 1. The molecule has 8 heteroatoms. The molecule has 0 aliphatic carbocycles. The summed E-state index contributed by atoms with van der Waals surface area (Å²) >= 11 is 1.46. The number of hydrogen-bond donors (Lipinski definition) is 0. The van der Waals surface area contributed by atoms with E-state index in [1.54, 1.807) is 14.2 Å². The standard InChI is InChI=1S/C23H21N3O4S/c1-14-19(26-18-7-5-4-6-17(18)24-14)12-30-22(27)11-16-13-31-23(25-16)15-8-9-20(28-2)21(10-15)29-3/h4-10,13H,11-12H2,1-3H3. The second-order valence-electron chi connectivity index (χ2n) is 6.80. The zero-order valence-corrected chi connectivity index (χ0v) is 18.2. The minimum absolute atomic E-state index is 0.0785. The highest BCUT2D eigenvalue weighted by atomic mass is 32.1. The van der Waals surface area contributed by atoms with E-state index in [0.717, 1.165) is 27.3 Å². The molecule has 0 saturated heterocycles. The highest BCUT2D eigenvalue weighted by molar-refractivity contribution is 7.13. The van der Waals surface area contributed by atoms with Crippen molar-refractivity contribution in [3.05, 3.63) is 64.9 Å². The maximum atomic E-state index is 12.3. The van der Waals surface area contributed by atoms with Gasteiger partial charge in [0.1, 0.15) is 11.6 Å². The van der Waals surface area contributed by atoms with Gasteiger partial charge in [-0.1, -0.05) is 12.1 Å². The Labute approximate surface area is 183 Å². The second-order valence-corrected chi connectivity index (χ2v) is 7.65. The van der Waals surface area contributed by atoms with Crippen LogP contribution in [0.2, 0.25) is 0 Å². The van der Waals surface area contributed by atoms with Gasteiger partial charge in [-0.3, -0.25) is 4.79 Å². The fourth-order valence-electron chi connectivity index (χ4n) is 3.10. The van der Waals surface area contributed by atoms with Gasteiger partial charge in [-0.05, 0) is 37.3 Å². The van der Waals surface area contributed by atoms with E-state index in [2.05, 4.69) is 15.0 Å². The van der Waals surface area contributed by atoms with E-state index in [1.807, 2.05) is 54.8 Å². The highest BCUT2D eigenvalue weighted by Gasteiger charge is 2.14. The van der Waals surface area contributed by atoms with Crippen molar-refractivity contribution in [1.82, 2.24) is 15.0 Å². The molecule has 0 aliphatic heterocycles. The number of aryl methyl sites for hydroxylation is 1. The van der Waals surface area contributed by atoms with E-state index in [-0.39, 0.29) is 19.0 Å². The van der Waals surface area contributed by atoms with Crippen LogP contribution in [0, 0.1) is 6.92 Å². The maximum absolute atomic E-state index is 12.3. The Hall–Kier alpha value is -3.52. The smallest absolute Gasteiger partial charge is 0.312 e. The van der Waals surface area contributed by atoms with Crippen LogP contribution in [0.4, 0.5) is 0 Å². The van der Waals surface area contributed by atoms with Gasteiger partial charge in [0.05, 0.1) is 48.8 Å². The lowest BCUT2D eigenvalue weighted by molar-refractivity contribution is -0.144. The number of benzene rings is 2. The largest absolute Gasteiger partial charge is 0.493 e. The zero-order chi connectivity index (χ0) is 21.8. The third kappa shape index (κ3) is 4.64. The molecule has 0 bridgehead atoms. The summed E-state index contributed by atoms with van der Waals surface area (Å²) in [7, 11) is 3.18. The number of hydrogen-bond acceptors (Lipinski definition) is 8. The Kier molecular flexibility index (Phi) is 6.08. The van der Waals surface area contributed by atoms with Crippen LogP contribution >= 0.6 is 11.3 Å². The van der Waals surface area contributed by atoms with Crippen LogP contribution in [-0.2, 0) is 22.6 Å². The monoisotopic (exact) mass is 435 g/mol. The van der Waals surface area contributed by atoms with Crippen LogP contribution in [0.5, 0.6) is 11.5 Å². The summed E-state index contributed by atoms with van der Waals surface area (Å²) in [5.74, 6) is 0.917. The molecule has 0 radical (unpaired) electrons. The molecule has 0 unspecified atom stereocenters. The molecule has 2 aromatic heterocycles. The number of carbonyl (C=O) groups is 1. The maximum Gasteiger partial charge on any atom is 0.312 e. The van der Waals surface area contributed by atoms with Crippen LogP contribution in [0.3, 0.4) is 0 Å². The molecule has 4 rings (SSSR count). The van der Waals surface area contributed by atoms with Crippen molar-refractivity contribution in [1.29, 1.82) is 0 Å². The predicted molar refractivity (Wildman–Crippen MR) is 118 cm³/mol. The molecule has 2 heterocycles. The summed E-state index contributed by atoms with van der Waals surface area (Å²) < 4.78 is 16.0. The van der Waals surface area contributed by atoms with E-state index in [4.69, 9.17) is 14.2 Å². The Morgan fingerprint density at radius 3 is 2.45 bits per heavy atom. The Balaban J connectivity index is 1.41. The minimum atomic E-state index is -0.362. The topological polar surface area (TPSA) is 83.4 Å². The minimum Gasteiger partial charge on any atom is -0.493 e. The fraction of sp³-hybridized carbons (Fsp3) is 0.217. The van der Waals surface area contributed by atoms with Crippen LogP contribution in [0.1, 0.15) is 17.1 Å². The molecule has 7 nitrogen and oxygen atoms in total. The molecule has 2 aromatic carbocycles. The molecule has 0 fully saturated rings. The van der Waals surface area contributed by atoms with Gasteiger partial charge in [0, 0.05) is 10.9 Å². The van der Waals surface area contributed by atoms with Crippen molar-refractivity contribution in [2.45, 2.75) is 20.0 Å². The quantitative estimate of drug-likeness (QED) is 0.399. The summed E-state index contributed by atoms with van der Waals surface area (Å²) in [5.41, 5.74) is 4.54. The summed E-state index contributed by atoms with van der Waals surface area (Å²) in [4.78, 5) is 26.0. The molecule has 4 aromatic rings. The molecule has 0 N–H and O–H groups in total. The average Bonchev–Trinajstić information content (AvgIpc) is 3.25. The Bertz CT molecular complexity index is 1240. The number of nitrogens with zero attached hydrogens (tertiary/aromatic N) is 3. The van der Waals surface area contributed by atoms with Gasteiger partial charge in [-0.15, -0.1) is 11.3 Å². The van der Waals surface area contributed by atoms with Gasteiger partial charge in [-0.25, -0.2) is 15.0 Å². The summed E-state index contributed by atoms with van der Waals surface area (Å²) in [6, 6.07) is 13.2. The van der Waals surface area contributed by atoms with Crippen molar-refractivity contribution >= 4 is 28.3 Å². The summed E-state index contributed by atoms with van der Waals surface area (Å²) in [5, 5.41) is 2.65. The van der Waals surface area contributed by atoms with Gasteiger partial charge in [0.25, 0.3) is 0 Å². The van der Waals surface area contributed by atoms with Gasteiger partial charge in [0.15, 0.2) is 11.5 Å². The lowest BCUT2D eigenvalue weighted by Gasteiger charge is -2.08. The molecule has 0 amide bonds. The van der Waals surface area contributed by atoms with Crippen molar-refractivity contribution in [2.75, 3.05) is 14.2 Å². The number of methoxy groups -OCH3 is 2. The van der Waals surface area contributed by atoms with Crippen LogP contribution in [0.15, 0.2) is 47.8 Å². The lowest BCUT2D eigenvalue weighted by Crippen LogP contribution is -2.10. The molecule has 0 atom stereocenters. The van der Waals surface area contributed by atoms with E-state index >= 15 is 0 Å². The lowest BCUT2D eigenvalue weighted by atomic mass is 10.2. The first kappa shape index (κ1) is 20.7. The first-order chi connectivity index (χ1) is 15.1. The van der Waals surface area contributed by atoms with Crippen LogP contribution in [0.25, 0.3) is 21.6 Å². The van der Waals surface area contributed by atoms with E-state index < -0.39 is 0 Å². The van der Waals surface area contributed by atoms with Crippen molar-refractivity contribution in [3.8, 4) is 22.1 Å². The van der Waals surface area contributed by atoms with Gasteiger partial charge >= 0.3 is 5.97 Å². The number of carbonyl (C=O) groups excluding carboxylic acids is 1. The number of aromatic nitrogens is 3. The van der Waals surface area contributed by atoms with Gasteiger partial charge in [0.2, 0.25) is 0 Å². The second kappa shape index (κ2) is 9.09. The first-order valence-electron chi connectivity index (χ1n) is 9.62. The molecular formula is C23H21N3O4S. The summed E-state index contributed by atoms with van der Waals surface area (Å²) in [6.45, 7) is 1.94. The van der Waals surface area contributed by atoms with E-state index in [0.29, 0.717) is 22.9 Å². The predicted octanol–water partition coefficient (Wildman–Crippen LogP) is 4.36. The Morgan fingerprint density at radius 1 is 0.968 bits per heavy atom. The molecule has 31 heavy (non-hydrogen) atoms. The number of para-hydroxylation sites is 2. The van der Waals surface area contributed by atoms with Gasteiger partial charge < -0.3 is 14.2 Å². The molecule has 0 saturated carbocycles. The van der Waals surface area contributed by atoms with Crippen molar-refractivity contribution in [3.63, 3.8) is 0 Å². The highest BCUT2D eigenvalue weighted by Crippen LogP contribution is 2.33. The third-order valence-corrected chi connectivity index (χ3v) is 5.66. The summed E-state index contributed by atoms with van der Waals surface area (Å²) in [6.07, 6.45) is 0.0871. The van der Waals surface area contributed by atoms with Crippen LogP contribution < -0.4 is 9.47 Å². The van der Waals surface area contributed by atoms with Crippen molar-refractivity contribution < 1.29 is 19.0 Å². The van der Waals surface area contributed by atoms with Crippen LogP contribution in [-0.4, -0.2) is 35.1 Å². The molecule has 158 valence electrons.